The monoisotopic (exact) mass is 77.0 g/mol. The van der Waals surface area contributed by atoms with E-state index in [0.717, 1.165) is 0 Å². The summed E-state index contributed by atoms with van der Waals surface area (Å²) in [6.45, 7) is 2.87. The van der Waals surface area contributed by atoms with Gasteiger partial charge in [-0.1, -0.05) is 0 Å². The Morgan fingerprint density at radius 3 is 2.20 bits per heavy atom. The average Bonchev–Trinajstić information content (AvgIpc) is 1.38. The van der Waals surface area contributed by atoms with Crippen molar-refractivity contribution in [3.8, 4) is 0 Å². The number of alkyl halides is 1. The molecule has 0 amide bonds. The Kier molecular flexibility index (Phi) is 2.10. The van der Waals surface area contributed by atoms with Crippen molar-refractivity contribution in [2.24, 2.45) is 0 Å². The van der Waals surface area contributed by atoms with E-state index in [1.807, 2.05) is 0 Å². The fraction of sp³-hybridized carbons (Fsp3) is 0.667. The van der Waals surface area contributed by atoms with Crippen LogP contribution in [0.2, 0.25) is 0 Å². The van der Waals surface area contributed by atoms with Gasteiger partial charge in [-0.15, -0.1) is 0 Å². The van der Waals surface area contributed by atoms with E-state index >= 15 is 0 Å². The Morgan fingerprint density at radius 2 is 2.20 bits per heavy atom. The number of ether oxygens (including phenoxy) is 1. The van der Waals surface area contributed by atoms with Crippen LogP contribution in [-0.4, -0.2) is 13.5 Å². The van der Waals surface area contributed by atoms with E-state index in [-0.39, 0.29) is 0 Å². The maximum Gasteiger partial charge on any atom is 0.198 e. The Hall–Kier alpha value is -0.110. The lowest BCUT2D eigenvalue weighted by molar-refractivity contribution is 0.0328. The molecule has 31 valence electrons. The summed E-state index contributed by atoms with van der Waals surface area (Å²) in [6.07, 6.45) is -1.37. The molecular formula is C3H6FO. The Labute approximate surface area is 30.7 Å². The maximum absolute atomic E-state index is 11.1. The third kappa shape index (κ3) is 3.89. The summed E-state index contributed by atoms with van der Waals surface area (Å²) >= 11 is 0. The van der Waals surface area contributed by atoms with E-state index in [2.05, 4.69) is 11.7 Å². The zero-order valence-corrected chi connectivity index (χ0v) is 3.07. The summed E-state index contributed by atoms with van der Waals surface area (Å²) in [5.41, 5.74) is 0. The molecule has 0 saturated carbocycles. The van der Waals surface area contributed by atoms with Gasteiger partial charge in [0, 0.05) is 14.0 Å². The fourth-order valence-electron chi connectivity index (χ4n) is 0. The minimum Gasteiger partial charge on any atom is -0.351 e. The normalized spacial score (nSPS) is 15.0. The Bertz CT molecular complexity index is 20.9. The Morgan fingerprint density at radius 1 is 2.00 bits per heavy atom. The molecule has 0 aliphatic carbocycles. The molecule has 0 aromatic heterocycles. The van der Waals surface area contributed by atoms with Crippen LogP contribution in [0.1, 0.15) is 0 Å². The highest BCUT2D eigenvalue weighted by molar-refractivity contribution is 4.34. The van der Waals surface area contributed by atoms with Crippen LogP contribution in [0.4, 0.5) is 4.39 Å². The third-order valence-corrected chi connectivity index (χ3v) is 0.256. The highest BCUT2D eigenvalue weighted by atomic mass is 19.1. The molecule has 1 atom stereocenters. The van der Waals surface area contributed by atoms with Gasteiger partial charge in [-0.2, -0.15) is 0 Å². The fourth-order valence-corrected chi connectivity index (χ4v) is 0. The lowest BCUT2D eigenvalue weighted by Crippen LogP contribution is -1.92. The predicted molar refractivity (Wildman–Crippen MR) is 17.3 cm³/mol. The van der Waals surface area contributed by atoms with E-state index in [4.69, 9.17) is 0 Å². The first-order valence-corrected chi connectivity index (χ1v) is 1.27. The SMILES string of the molecule is [CH2]C(F)OC. The number of hydrogen-bond donors (Lipinski definition) is 0. The van der Waals surface area contributed by atoms with Gasteiger partial charge in [0.2, 0.25) is 0 Å². The van der Waals surface area contributed by atoms with Crippen molar-refractivity contribution < 1.29 is 9.13 Å². The van der Waals surface area contributed by atoms with Crippen molar-refractivity contribution in [1.29, 1.82) is 0 Å². The maximum atomic E-state index is 11.1. The van der Waals surface area contributed by atoms with Crippen molar-refractivity contribution in [3.63, 3.8) is 0 Å². The van der Waals surface area contributed by atoms with Crippen LogP contribution in [-0.2, 0) is 4.74 Å². The van der Waals surface area contributed by atoms with Gasteiger partial charge in [0.1, 0.15) is 0 Å². The largest absolute Gasteiger partial charge is 0.351 e. The molecule has 0 bridgehead atoms. The molecule has 1 unspecified atom stereocenters. The molecule has 5 heavy (non-hydrogen) atoms. The van der Waals surface area contributed by atoms with Crippen LogP contribution < -0.4 is 0 Å². The van der Waals surface area contributed by atoms with Crippen molar-refractivity contribution in [2.75, 3.05) is 7.11 Å². The molecule has 0 aliphatic rings. The second-order valence-corrected chi connectivity index (χ2v) is 0.646. The second kappa shape index (κ2) is 2.15. The number of methoxy groups -OCH3 is 1. The smallest absolute Gasteiger partial charge is 0.198 e. The topological polar surface area (TPSA) is 9.23 Å². The van der Waals surface area contributed by atoms with Crippen molar-refractivity contribution in [1.82, 2.24) is 0 Å². The molecule has 0 aromatic rings. The summed E-state index contributed by atoms with van der Waals surface area (Å²) in [5, 5.41) is 0. The van der Waals surface area contributed by atoms with E-state index in [9.17, 15) is 4.39 Å². The predicted octanol–water partition coefficient (Wildman–Crippen LogP) is 0.762. The number of hydrogen-bond acceptors (Lipinski definition) is 1. The standard InChI is InChI=1S/C3H6FO/c1-3(4)5-2/h3H,1H2,2H3. The van der Waals surface area contributed by atoms with Gasteiger partial charge in [-0.25, -0.2) is 4.39 Å². The van der Waals surface area contributed by atoms with Crippen LogP contribution >= 0.6 is 0 Å². The van der Waals surface area contributed by atoms with E-state index in [1.165, 1.54) is 7.11 Å². The first kappa shape index (κ1) is 4.89. The molecular weight excluding hydrogens is 71.0 g/mol. The summed E-state index contributed by atoms with van der Waals surface area (Å²) in [6, 6.07) is 0. The molecule has 0 rings (SSSR count). The van der Waals surface area contributed by atoms with E-state index in [1.54, 1.807) is 0 Å². The summed E-state index contributed by atoms with van der Waals surface area (Å²) in [5.74, 6) is 0. The molecule has 1 nitrogen and oxygen atoms in total. The first-order valence-electron chi connectivity index (χ1n) is 1.27. The lowest BCUT2D eigenvalue weighted by Gasteiger charge is -1.89. The highest BCUT2D eigenvalue weighted by Crippen LogP contribution is 1.81. The van der Waals surface area contributed by atoms with E-state index in [0.29, 0.717) is 0 Å². The van der Waals surface area contributed by atoms with Crippen LogP contribution in [0.25, 0.3) is 0 Å². The summed E-state index contributed by atoms with van der Waals surface area (Å²) < 4.78 is 15.1. The van der Waals surface area contributed by atoms with Crippen LogP contribution in [0.15, 0.2) is 0 Å². The van der Waals surface area contributed by atoms with Gasteiger partial charge in [0.25, 0.3) is 0 Å². The Balaban J connectivity index is 2.54. The quantitative estimate of drug-likeness (QED) is 0.449. The minimum atomic E-state index is -1.37. The van der Waals surface area contributed by atoms with Crippen molar-refractivity contribution in [2.45, 2.75) is 6.36 Å². The summed E-state index contributed by atoms with van der Waals surface area (Å²) in [7, 11) is 1.26. The highest BCUT2D eigenvalue weighted by Gasteiger charge is 1.84. The zero-order chi connectivity index (χ0) is 4.28. The molecule has 0 aromatic carbocycles. The van der Waals surface area contributed by atoms with Gasteiger partial charge in [-0.3, -0.25) is 0 Å². The number of halogens is 1. The first-order chi connectivity index (χ1) is 2.27. The molecule has 0 saturated heterocycles. The van der Waals surface area contributed by atoms with Gasteiger partial charge in [-0.05, 0) is 0 Å². The molecule has 1 radical (unpaired) electrons. The van der Waals surface area contributed by atoms with E-state index < -0.39 is 6.36 Å². The van der Waals surface area contributed by atoms with Gasteiger partial charge < -0.3 is 4.74 Å². The van der Waals surface area contributed by atoms with Gasteiger partial charge in [0.05, 0.1) is 0 Å². The van der Waals surface area contributed by atoms with Crippen molar-refractivity contribution >= 4 is 0 Å². The molecule has 0 heterocycles. The molecule has 0 spiro atoms. The van der Waals surface area contributed by atoms with Gasteiger partial charge >= 0.3 is 0 Å². The second-order valence-electron chi connectivity index (χ2n) is 0.646. The third-order valence-electron chi connectivity index (χ3n) is 0.256. The van der Waals surface area contributed by atoms with Crippen LogP contribution in [0.3, 0.4) is 0 Å². The number of rotatable bonds is 1. The van der Waals surface area contributed by atoms with Crippen LogP contribution in [0, 0.1) is 6.92 Å². The molecule has 2 heteroatoms. The summed E-state index contributed by atoms with van der Waals surface area (Å²) in [4.78, 5) is 0. The molecule has 0 fully saturated rings. The lowest BCUT2D eigenvalue weighted by atomic mass is 10.8. The van der Waals surface area contributed by atoms with Crippen molar-refractivity contribution in [3.05, 3.63) is 6.92 Å². The zero-order valence-electron chi connectivity index (χ0n) is 3.07. The minimum absolute atomic E-state index is 1.26. The van der Waals surface area contributed by atoms with Gasteiger partial charge in [0.15, 0.2) is 6.36 Å². The molecule has 0 aliphatic heterocycles. The van der Waals surface area contributed by atoms with Crippen LogP contribution in [0.5, 0.6) is 0 Å². The average molecular weight is 77.1 g/mol. The molecule has 0 N–H and O–H groups in total.